The summed E-state index contributed by atoms with van der Waals surface area (Å²) in [6.07, 6.45) is 5.49. The summed E-state index contributed by atoms with van der Waals surface area (Å²) >= 11 is 0. The van der Waals surface area contributed by atoms with Gasteiger partial charge in [0, 0.05) is 6.54 Å². The number of hydrogen-bond acceptors (Lipinski definition) is 1. The number of hydrogen-bond donors (Lipinski definition) is 0. The van der Waals surface area contributed by atoms with E-state index >= 15 is 0 Å². The summed E-state index contributed by atoms with van der Waals surface area (Å²) in [5, 5.41) is 0. The lowest BCUT2D eigenvalue weighted by atomic mass is 9.93. The second-order valence-electron chi connectivity index (χ2n) is 5.17. The van der Waals surface area contributed by atoms with Crippen molar-refractivity contribution in [1.29, 1.82) is 0 Å². The molecule has 0 unspecified atom stereocenters. The Balaban J connectivity index is 2.14. The van der Waals surface area contributed by atoms with Crippen LogP contribution in [0.2, 0.25) is 0 Å². The van der Waals surface area contributed by atoms with Crippen molar-refractivity contribution in [2.45, 2.75) is 19.3 Å². The van der Waals surface area contributed by atoms with Gasteiger partial charge in [0.2, 0.25) is 0 Å². The molecule has 20 heavy (non-hydrogen) atoms. The second-order valence-corrected chi connectivity index (χ2v) is 5.17. The third-order valence-corrected chi connectivity index (χ3v) is 3.91. The highest BCUT2D eigenvalue weighted by Crippen LogP contribution is 2.33. The Labute approximate surface area is 120 Å². The highest BCUT2D eigenvalue weighted by Gasteiger charge is 2.16. The summed E-state index contributed by atoms with van der Waals surface area (Å²) in [5.74, 6) is 0. The van der Waals surface area contributed by atoms with E-state index in [1.807, 2.05) is 0 Å². The van der Waals surface area contributed by atoms with Crippen LogP contribution in [0.15, 0.2) is 59.6 Å². The summed E-state index contributed by atoms with van der Waals surface area (Å²) in [6, 6.07) is 17.5. The maximum absolute atomic E-state index is 3.96. The van der Waals surface area contributed by atoms with Crippen LogP contribution in [0.3, 0.4) is 0 Å². The zero-order chi connectivity index (χ0) is 13.8. The number of benzene rings is 2. The Kier molecular flexibility index (Phi) is 3.78. The molecule has 0 amide bonds. The molecule has 3 rings (SSSR count). The van der Waals surface area contributed by atoms with Crippen LogP contribution >= 0.6 is 0 Å². The standard InChI is InChI=1S/C19H19N/c1-20-14-6-11-19-17-9-4-2-7-15(17)12-13-16-8-3-5-10-18(16)19/h2-5,7-11H,1,6,12-14H2. The number of aliphatic imine (C=N–C) groups is 1. The first kappa shape index (κ1) is 12.9. The van der Waals surface area contributed by atoms with Gasteiger partial charge in [-0.15, -0.1) is 0 Å². The first-order valence-corrected chi connectivity index (χ1v) is 7.19. The molecule has 1 aliphatic rings. The first-order valence-electron chi connectivity index (χ1n) is 7.19. The molecule has 0 N–H and O–H groups in total. The summed E-state index contributed by atoms with van der Waals surface area (Å²) < 4.78 is 0. The van der Waals surface area contributed by atoms with Crippen molar-refractivity contribution >= 4 is 12.3 Å². The normalized spacial score (nSPS) is 13.1. The van der Waals surface area contributed by atoms with Crippen LogP contribution in [0.5, 0.6) is 0 Å². The molecule has 0 spiro atoms. The molecule has 0 fully saturated rings. The smallest absolute Gasteiger partial charge is 0.0416 e. The molecule has 0 atom stereocenters. The number of aryl methyl sites for hydroxylation is 2. The lowest BCUT2D eigenvalue weighted by Crippen LogP contribution is -1.92. The Morgan fingerprint density at radius 1 is 0.900 bits per heavy atom. The summed E-state index contributed by atoms with van der Waals surface area (Å²) in [6.45, 7) is 4.36. The van der Waals surface area contributed by atoms with Crippen LogP contribution in [0, 0.1) is 0 Å². The van der Waals surface area contributed by atoms with Gasteiger partial charge in [-0.05, 0) is 53.8 Å². The Morgan fingerprint density at radius 2 is 1.45 bits per heavy atom. The minimum absolute atomic E-state index is 0.786. The highest BCUT2D eigenvalue weighted by molar-refractivity contribution is 5.83. The topological polar surface area (TPSA) is 12.4 Å². The molecular weight excluding hydrogens is 242 g/mol. The van der Waals surface area contributed by atoms with E-state index in [1.54, 1.807) is 0 Å². The quantitative estimate of drug-likeness (QED) is 0.577. The van der Waals surface area contributed by atoms with Gasteiger partial charge in [0.15, 0.2) is 0 Å². The fraction of sp³-hybridized carbons (Fsp3) is 0.211. The molecule has 0 aliphatic heterocycles. The summed E-state index contributed by atoms with van der Waals surface area (Å²) in [4.78, 5) is 3.96. The van der Waals surface area contributed by atoms with E-state index in [-0.39, 0.29) is 0 Å². The van der Waals surface area contributed by atoms with Crippen molar-refractivity contribution in [2.24, 2.45) is 4.99 Å². The van der Waals surface area contributed by atoms with Crippen molar-refractivity contribution in [3.63, 3.8) is 0 Å². The molecule has 0 heterocycles. The van der Waals surface area contributed by atoms with Gasteiger partial charge < -0.3 is 4.99 Å². The maximum atomic E-state index is 3.96. The number of fused-ring (bicyclic) bond motifs is 2. The molecule has 1 nitrogen and oxygen atoms in total. The largest absolute Gasteiger partial charge is 0.301 e. The van der Waals surface area contributed by atoms with Gasteiger partial charge in [-0.2, -0.15) is 0 Å². The van der Waals surface area contributed by atoms with E-state index in [2.05, 4.69) is 66.3 Å². The molecule has 0 bridgehead atoms. The Hall–Kier alpha value is -2.15. The fourth-order valence-electron chi connectivity index (χ4n) is 2.94. The van der Waals surface area contributed by atoms with Gasteiger partial charge in [0.25, 0.3) is 0 Å². The molecule has 0 radical (unpaired) electrons. The van der Waals surface area contributed by atoms with Crippen molar-refractivity contribution in [2.75, 3.05) is 6.54 Å². The predicted molar refractivity (Wildman–Crippen MR) is 86.4 cm³/mol. The highest BCUT2D eigenvalue weighted by atomic mass is 14.7. The van der Waals surface area contributed by atoms with Crippen LogP contribution in [0.25, 0.3) is 5.57 Å². The van der Waals surface area contributed by atoms with E-state index in [4.69, 9.17) is 0 Å². The second kappa shape index (κ2) is 5.87. The molecular formula is C19H19N. The van der Waals surface area contributed by atoms with E-state index in [0.717, 1.165) is 25.8 Å². The van der Waals surface area contributed by atoms with Crippen LogP contribution in [-0.4, -0.2) is 13.3 Å². The number of rotatable bonds is 3. The SMILES string of the molecule is C=NCCC=C1c2ccccc2CCc2ccccc21. The van der Waals surface area contributed by atoms with E-state index in [1.165, 1.54) is 27.8 Å². The van der Waals surface area contributed by atoms with E-state index in [9.17, 15) is 0 Å². The van der Waals surface area contributed by atoms with Crippen LogP contribution in [-0.2, 0) is 12.8 Å². The van der Waals surface area contributed by atoms with E-state index < -0.39 is 0 Å². The van der Waals surface area contributed by atoms with Gasteiger partial charge in [0.05, 0.1) is 0 Å². The summed E-state index contributed by atoms with van der Waals surface area (Å²) in [5.41, 5.74) is 7.00. The van der Waals surface area contributed by atoms with Crippen molar-refractivity contribution in [1.82, 2.24) is 0 Å². The molecule has 0 saturated carbocycles. The minimum Gasteiger partial charge on any atom is -0.301 e. The molecule has 100 valence electrons. The van der Waals surface area contributed by atoms with Gasteiger partial charge in [-0.25, -0.2) is 0 Å². The van der Waals surface area contributed by atoms with Crippen LogP contribution < -0.4 is 0 Å². The van der Waals surface area contributed by atoms with Crippen molar-refractivity contribution in [3.8, 4) is 0 Å². The lowest BCUT2D eigenvalue weighted by Gasteiger charge is -2.11. The summed E-state index contributed by atoms with van der Waals surface area (Å²) in [7, 11) is 0. The lowest BCUT2D eigenvalue weighted by molar-refractivity contribution is 0.965. The Bertz CT molecular complexity index is 603. The minimum atomic E-state index is 0.786. The van der Waals surface area contributed by atoms with Crippen LogP contribution in [0.4, 0.5) is 0 Å². The van der Waals surface area contributed by atoms with Gasteiger partial charge in [-0.1, -0.05) is 54.6 Å². The van der Waals surface area contributed by atoms with Crippen molar-refractivity contribution in [3.05, 3.63) is 76.9 Å². The fourth-order valence-corrected chi connectivity index (χ4v) is 2.94. The predicted octanol–water partition coefficient (Wildman–Crippen LogP) is 4.31. The third kappa shape index (κ3) is 2.44. The molecule has 0 aromatic heterocycles. The average Bonchev–Trinajstić information content (AvgIpc) is 2.66. The average molecular weight is 261 g/mol. The Morgan fingerprint density at radius 3 is 2.00 bits per heavy atom. The molecule has 2 aromatic carbocycles. The molecule has 1 heteroatoms. The zero-order valence-electron chi connectivity index (χ0n) is 11.7. The van der Waals surface area contributed by atoms with Crippen molar-refractivity contribution < 1.29 is 0 Å². The zero-order valence-corrected chi connectivity index (χ0v) is 11.7. The number of nitrogens with zero attached hydrogens (tertiary/aromatic N) is 1. The third-order valence-electron chi connectivity index (χ3n) is 3.91. The maximum Gasteiger partial charge on any atom is 0.0416 e. The molecule has 0 saturated heterocycles. The van der Waals surface area contributed by atoms with E-state index in [0.29, 0.717) is 0 Å². The van der Waals surface area contributed by atoms with Gasteiger partial charge in [0.1, 0.15) is 0 Å². The van der Waals surface area contributed by atoms with Gasteiger partial charge >= 0.3 is 0 Å². The van der Waals surface area contributed by atoms with Gasteiger partial charge in [-0.3, -0.25) is 0 Å². The molecule has 1 aliphatic carbocycles. The monoisotopic (exact) mass is 261 g/mol. The van der Waals surface area contributed by atoms with Crippen LogP contribution in [0.1, 0.15) is 28.7 Å². The molecule has 2 aromatic rings. The first-order chi connectivity index (χ1) is 9.90.